The van der Waals surface area contributed by atoms with Crippen LogP contribution < -0.4 is 0 Å². The van der Waals surface area contributed by atoms with E-state index < -0.39 is 35.9 Å². The number of amides is 1. The Morgan fingerprint density at radius 1 is 1.39 bits per heavy atom. The van der Waals surface area contributed by atoms with Gasteiger partial charge >= 0.3 is 12.1 Å². The number of esters is 1. The number of aliphatic hydroxyl groups is 1. The number of hydrogen-bond donors (Lipinski definition) is 1. The Morgan fingerprint density at radius 2 is 1.87 bits per heavy atom. The number of rotatable bonds is 2. The number of carbonyl (C=O) groups excluding carboxylic acids is 2. The first kappa shape index (κ1) is 21.7. The van der Waals surface area contributed by atoms with Crippen LogP contribution in [0.3, 0.4) is 0 Å². The Hall–Kier alpha value is -1.27. The number of ether oxygens (including phenoxy) is 2. The van der Waals surface area contributed by atoms with Crippen LogP contribution in [0.4, 0.5) is 4.79 Å². The van der Waals surface area contributed by atoms with Crippen molar-refractivity contribution in [2.45, 2.75) is 64.8 Å². The summed E-state index contributed by atoms with van der Waals surface area (Å²) < 4.78 is 9.88. The molecule has 3 atom stereocenters. The summed E-state index contributed by atoms with van der Waals surface area (Å²) in [5, 5.41) is 9.77. The van der Waals surface area contributed by atoms with Gasteiger partial charge in [-0.15, -0.1) is 11.6 Å². The van der Waals surface area contributed by atoms with Gasteiger partial charge in [-0.1, -0.05) is 12.2 Å². The van der Waals surface area contributed by atoms with E-state index in [0.29, 0.717) is 5.88 Å². The molecule has 0 aromatic heterocycles. The molecule has 0 radical (unpaired) electrons. The zero-order valence-corrected chi connectivity index (χ0v) is 15.5. The van der Waals surface area contributed by atoms with Gasteiger partial charge in [-0.3, -0.25) is 4.90 Å². The second-order valence-corrected chi connectivity index (χ2v) is 6.83. The lowest BCUT2D eigenvalue weighted by atomic mass is 10.1. The van der Waals surface area contributed by atoms with E-state index in [1.165, 1.54) is 12.0 Å². The van der Waals surface area contributed by atoms with Crippen LogP contribution in [0.15, 0.2) is 12.2 Å². The minimum absolute atomic E-state index is 0.174. The second kappa shape index (κ2) is 9.13. The van der Waals surface area contributed by atoms with E-state index in [9.17, 15) is 14.7 Å². The van der Waals surface area contributed by atoms with E-state index in [2.05, 4.69) is 11.3 Å². The molecule has 0 aromatic rings. The summed E-state index contributed by atoms with van der Waals surface area (Å²) in [7, 11) is 1.25. The molecule has 0 aromatic carbocycles. The summed E-state index contributed by atoms with van der Waals surface area (Å²) in [4.78, 5) is 24.9. The van der Waals surface area contributed by atoms with Crippen molar-refractivity contribution < 1.29 is 24.2 Å². The molecule has 1 aliphatic rings. The number of likely N-dealkylation sites (tertiary alicyclic amines) is 1. The molecule has 1 N–H and O–H groups in total. The summed E-state index contributed by atoms with van der Waals surface area (Å²) >= 11 is 5.24. The summed E-state index contributed by atoms with van der Waals surface area (Å²) in [6.45, 7) is 12.4. The molecule has 7 heteroatoms. The van der Waals surface area contributed by atoms with Gasteiger partial charge in [0.05, 0.1) is 19.3 Å². The number of nitrogens with zero attached hydrogens (tertiary/aromatic N) is 1. The Kier molecular flexibility index (Phi) is 8.63. The largest absolute Gasteiger partial charge is 0.467 e. The van der Waals surface area contributed by atoms with Gasteiger partial charge in [-0.2, -0.15) is 0 Å². The molecule has 1 saturated heterocycles. The molecule has 134 valence electrons. The lowest BCUT2D eigenvalue weighted by Crippen LogP contribution is -2.47. The molecule has 1 fully saturated rings. The Morgan fingerprint density at radius 3 is 2.22 bits per heavy atom. The van der Waals surface area contributed by atoms with Crippen molar-refractivity contribution in [2.75, 3.05) is 13.0 Å². The molecule has 6 nitrogen and oxygen atoms in total. The summed E-state index contributed by atoms with van der Waals surface area (Å²) in [6, 6.07) is -1.25. The van der Waals surface area contributed by atoms with Gasteiger partial charge < -0.3 is 14.6 Å². The monoisotopic (exact) mass is 349 g/mol. The van der Waals surface area contributed by atoms with Crippen LogP contribution in [-0.2, 0) is 14.3 Å². The third-order valence-electron chi connectivity index (χ3n) is 3.10. The third-order valence-corrected chi connectivity index (χ3v) is 3.56. The summed E-state index contributed by atoms with van der Waals surface area (Å²) in [6.07, 6.45) is -1.18. The average Bonchev–Trinajstić information content (AvgIpc) is 2.72. The zero-order chi connectivity index (χ0) is 18.4. The Balaban J connectivity index is 0.000000841. The fourth-order valence-electron chi connectivity index (χ4n) is 1.96. The number of hydrogen-bond acceptors (Lipinski definition) is 5. The Labute approximate surface area is 143 Å². The first-order chi connectivity index (χ1) is 10.4. The van der Waals surface area contributed by atoms with Gasteiger partial charge in [0.15, 0.2) is 0 Å². The highest BCUT2D eigenvalue weighted by atomic mass is 35.5. The van der Waals surface area contributed by atoms with Crippen LogP contribution in [0.5, 0.6) is 0 Å². The van der Waals surface area contributed by atoms with Gasteiger partial charge in [-0.25, -0.2) is 9.59 Å². The SMILES string of the molecule is C=C(C)CCl.COC(=O)[C@H]1CC(O)C(C)N1C(=O)OC(C)(C)C. The molecule has 1 amide bonds. The van der Waals surface area contributed by atoms with Crippen molar-refractivity contribution in [2.24, 2.45) is 0 Å². The quantitative estimate of drug-likeness (QED) is 0.471. The summed E-state index contributed by atoms with van der Waals surface area (Å²) in [5.41, 5.74) is 0.372. The second-order valence-electron chi connectivity index (χ2n) is 6.56. The van der Waals surface area contributed by atoms with Gasteiger partial charge in [0.25, 0.3) is 0 Å². The minimum Gasteiger partial charge on any atom is -0.467 e. The predicted molar refractivity (Wildman–Crippen MR) is 89.5 cm³/mol. The molecule has 0 aliphatic carbocycles. The van der Waals surface area contributed by atoms with Crippen LogP contribution in [-0.4, -0.2) is 58.8 Å². The molecule has 0 bridgehead atoms. The number of halogens is 1. The number of alkyl halides is 1. The molecule has 23 heavy (non-hydrogen) atoms. The summed E-state index contributed by atoms with van der Waals surface area (Å²) in [5.74, 6) is 0.0456. The maximum atomic E-state index is 12.0. The highest BCUT2D eigenvalue weighted by Crippen LogP contribution is 2.27. The fraction of sp³-hybridized carbons (Fsp3) is 0.750. The van der Waals surface area contributed by atoms with Gasteiger partial charge in [0.1, 0.15) is 11.6 Å². The molecule has 1 heterocycles. The van der Waals surface area contributed by atoms with E-state index >= 15 is 0 Å². The van der Waals surface area contributed by atoms with Crippen LogP contribution in [0.2, 0.25) is 0 Å². The fourth-order valence-corrected chi connectivity index (χ4v) is 1.96. The molecule has 1 rings (SSSR count). The van der Waals surface area contributed by atoms with E-state index in [4.69, 9.17) is 16.3 Å². The number of methoxy groups -OCH3 is 1. The third kappa shape index (κ3) is 7.22. The van der Waals surface area contributed by atoms with E-state index in [-0.39, 0.29) is 6.42 Å². The van der Waals surface area contributed by atoms with Crippen molar-refractivity contribution >= 4 is 23.7 Å². The molecule has 1 aliphatic heterocycles. The highest BCUT2D eigenvalue weighted by molar-refractivity contribution is 6.19. The first-order valence-corrected chi connectivity index (χ1v) is 7.95. The first-order valence-electron chi connectivity index (χ1n) is 7.42. The Bertz CT molecular complexity index is 433. The standard InChI is InChI=1S/C12H21NO5.C4H7Cl/c1-7-9(14)6-8(10(15)17-5)13(7)11(16)18-12(2,3)4;1-4(2)3-5/h7-9,14H,6H2,1-5H3;1,3H2,2H3/t7?,8-,9?;/m1./s1. The maximum Gasteiger partial charge on any atom is 0.411 e. The van der Waals surface area contributed by atoms with E-state index in [1.807, 2.05) is 6.92 Å². The molecule has 2 unspecified atom stereocenters. The maximum absolute atomic E-state index is 12.0. The molecular weight excluding hydrogens is 322 g/mol. The van der Waals surface area contributed by atoms with Crippen molar-refractivity contribution in [3.05, 3.63) is 12.2 Å². The van der Waals surface area contributed by atoms with Crippen LogP contribution in [0.1, 0.15) is 41.0 Å². The molecule has 0 saturated carbocycles. The zero-order valence-electron chi connectivity index (χ0n) is 14.8. The number of aliphatic hydroxyl groups excluding tert-OH is 1. The lowest BCUT2D eigenvalue weighted by Gasteiger charge is -2.30. The lowest BCUT2D eigenvalue weighted by molar-refractivity contribution is -0.146. The average molecular weight is 350 g/mol. The number of carbonyl (C=O) groups is 2. The number of allylic oxidation sites excluding steroid dienone is 1. The minimum atomic E-state index is -0.783. The predicted octanol–water partition coefficient (Wildman–Crippen LogP) is 2.72. The van der Waals surface area contributed by atoms with Crippen molar-refractivity contribution in [1.82, 2.24) is 4.90 Å². The van der Waals surface area contributed by atoms with Gasteiger partial charge in [-0.05, 0) is 34.6 Å². The van der Waals surface area contributed by atoms with E-state index in [1.54, 1.807) is 27.7 Å². The molecular formula is C16H28ClNO5. The van der Waals surface area contributed by atoms with Gasteiger partial charge in [0, 0.05) is 12.3 Å². The van der Waals surface area contributed by atoms with E-state index in [0.717, 1.165) is 5.57 Å². The van der Waals surface area contributed by atoms with Crippen molar-refractivity contribution in [3.8, 4) is 0 Å². The smallest absolute Gasteiger partial charge is 0.411 e. The van der Waals surface area contributed by atoms with Crippen LogP contribution in [0.25, 0.3) is 0 Å². The van der Waals surface area contributed by atoms with Crippen LogP contribution >= 0.6 is 11.6 Å². The molecule has 0 spiro atoms. The van der Waals surface area contributed by atoms with Crippen molar-refractivity contribution in [3.63, 3.8) is 0 Å². The van der Waals surface area contributed by atoms with Crippen LogP contribution in [0, 0.1) is 0 Å². The normalized spacial score (nSPS) is 23.7. The van der Waals surface area contributed by atoms with Gasteiger partial charge in [0.2, 0.25) is 0 Å². The van der Waals surface area contributed by atoms with Crippen molar-refractivity contribution in [1.29, 1.82) is 0 Å². The topological polar surface area (TPSA) is 76.1 Å². The highest BCUT2D eigenvalue weighted by Gasteiger charge is 2.46.